The van der Waals surface area contributed by atoms with Crippen LogP contribution >= 0.6 is 0 Å². The van der Waals surface area contributed by atoms with Gasteiger partial charge in [0.25, 0.3) is 5.56 Å². The fourth-order valence-corrected chi connectivity index (χ4v) is 6.22. The van der Waals surface area contributed by atoms with Gasteiger partial charge in [-0.15, -0.1) is 0 Å². The second-order valence-corrected chi connectivity index (χ2v) is 9.37. The zero-order valence-electron chi connectivity index (χ0n) is 18.6. The first-order valence-electron chi connectivity index (χ1n) is 10.9. The molecule has 0 spiro atoms. The van der Waals surface area contributed by atoms with Crippen molar-refractivity contribution in [2.75, 3.05) is 7.11 Å². The highest BCUT2D eigenvalue weighted by Gasteiger charge is 2.61. The summed E-state index contributed by atoms with van der Waals surface area (Å²) in [6, 6.07) is 13.1. The van der Waals surface area contributed by atoms with E-state index in [9.17, 15) is 9.18 Å². The van der Waals surface area contributed by atoms with Crippen LogP contribution in [0.2, 0.25) is 0 Å². The lowest BCUT2D eigenvalue weighted by Gasteiger charge is -2.60. The van der Waals surface area contributed by atoms with Crippen LogP contribution in [0.25, 0.3) is 10.9 Å². The summed E-state index contributed by atoms with van der Waals surface area (Å²) in [6.45, 7) is 6.40. The highest BCUT2D eigenvalue weighted by Crippen LogP contribution is 2.66. The summed E-state index contributed by atoms with van der Waals surface area (Å²) in [5.41, 5.74) is 2.07. The molecule has 4 nitrogen and oxygen atoms in total. The summed E-state index contributed by atoms with van der Waals surface area (Å²) in [7, 11) is 3.29. The molecule has 31 heavy (non-hydrogen) atoms. The fraction of sp³-hybridized carbons (Fsp3) is 0.423. The number of para-hydroxylation sites is 1. The molecule has 2 aromatic carbocycles. The molecule has 1 aliphatic heterocycles. The normalized spacial score (nSPS) is 25.9. The molecule has 4 atom stereocenters. The van der Waals surface area contributed by atoms with E-state index in [1.54, 1.807) is 16.7 Å². The minimum Gasteiger partial charge on any atom is -0.494 e. The van der Waals surface area contributed by atoms with E-state index in [2.05, 4.69) is 20.8 Å². The van der Waals surface area contributed by atoms with Crippen molar-refractivity contribution in [2.45, 2.75) is 44.6 Å². The number of benzene rings is 2. The smallest absolute Gasteiger partial charge is 0.258 e. The first kappa shape index (κ1) is 20.1. The Hall–Kier alpha value is -2.82. The Morgan fingerprint density at radius 1 is 1.16 bits per heavy atom. The van der Waals surface area contributed by atoms with Gasteiger partial charge in [0.05, 0.1) is 18.2 Å². The second-order valence-electron chi connectivity index (χ2n) is 9.37. The van der Waals surface area contributed by atoms with Gasteiger partial charge in [0.1, 0.15) is 11.4 Å². The lowest BCUT2D eigenvalue weighted by Crippen LogP contribution is -2.59. The van der Waals surface area contributed by atoms with Crippen molar-refractivity contribution in [3.05, 3.63) is 69.8 Å². The third kappa shape index (κ3) is 2.68. The summed E-state index contributed by atoms with van der Waals surface area (Å²) in [5.74, 6) is 1.11. The van der Waals surface area contributed by atoms with Crippen molar-refractivity contribution < 1.29 is 13.9 Å². The van der Waals surface area contributed by atoms with E-state index < -0.39 is 5.60 Å². The maximum atomic E-state index is 14.6. The average molecular weight is 422 g/mol. The Morgan fingerprint density at radius 3 is 2.58 bits per heavy atom. The van der Waals surface area contributed by atoms with Gasteiger partial charge in [0, 0.05) is 24.3 Å². The van der Waals surface area contributed by atoms with Crippen molar-refractivity contribution in [1.29, 1.82) is 0 Å². The van der Waals surface area contributed by atoms with E-state index in [4.69, 9.17) is 9.47 Å². The van der Waals surface area contributed by atoms with E-state index in [-0.39, 0.29) is 34.9 Å². The summed E-state index contributed by atoms with van der Waals surface area (Å²) < 4.78 is 28.0. The largest absolute Gasteiger partial charge is 0.494 e. The Morgan fingerprint density at radius 2 is 1.90 bits per heavy atom. The first-order chi connectivity index (χ1) is 14.8. The Labute approximate surface area is 181 Å². The minimum atomic E-state index is -0.422. The van der Waals surface area contributed by atoms with Gasteiger partial charge in [-0.3, -0.25) is 4.79 Å². The Bertz CT molecular complexity index is 1250. The maximum absolute atomic E-state index is 14.6. The van der Waals surface area contributed by atoms with Gasteiger partial charge >= 0.3 is 0 Å². The molecule has 0 radical (unpaired) electrons. The molecule has 5 heteroatoms. The third-order valence-electron chi connectivity index (χ3n) is 7.52. The van der Waals surface area contributed by atoms with Crippen LogP contribution in [0.5, 0.6) is 11.5 Å². The van der Waals surface area contributed by atoms with Crippen LogP contribution in [0.4, 0.5) is 4.39 Å². The molecule has 5 rings (SSSR count). The van der Waals surface area contributed by atoms with Gasteiger partial charge in [0.15, 0.2) is 11.6 Å². The number of rotatable bonds is 3. The fourth-order valence-electron chi connectivity index (χ4n) is 6.22. The van der Waals surface area contributed by atoms with Crippen LogP contribution in [0, 0.1) is 17.7 Å². The van der Waals surface area contributed by atoms with Gasteiger partial charge in [-0.25, -0.2) is 4.39 Å². The Balaban J connectivity index is 1.76. The number of aryl methyl sites for hydroxylation is 1. The van der Waals surface area contributed by atoms with Crippen molar-refractivity contribution in [2.24, 2.45) is 18.9 Å². The SMILES string of the molecule is CC[C@@H]1[C@@H](c2ccc(OC)c(F)c2)[C@H]2c3c(c4ccccc4n(C)c3=O)OC(C)(C)[C@@H]12. The van der Waals surface area contributed by atoms with E-state index in [1.165, 1.54) is 7.11 Å². The monoisotopic (exact) mass is 421 g/mol. The number of aromatic nitrogens is 1. The molecule has 1 saturated carbocycles. The van der Waals surface area contributed by atoms with Crippen LogP contribution in [0.1, 0.15) is 50.2 Å². The molecule has 1 aromatic heterocycles. The molecule has 2 aliphatic rings. The molecular weight excluding hydrogens is 393 g/mol. The predicted octanol–water partition coefficient (Wildman–Crippen LogP) is 5.38. The Kier molecular flexibility index (Phi) is 4.44. The first-order valence-corrected chi connectivity index (χ1v) is 10.9. The molecule has 0 amide bonds. The summed E-state index contributed by atoms with van der Waals surface area (Å²) >= 11 is 0. The van der Waals surface area contributed by atoms with Crippen molar-refractivity contribution in [3.8, 4) is 11.5 Å². The van der Waals surface area contributed by atoms with Gasteiger partial charge < -0.3 is 14.0 Å². The molecule has 1 fully saturated rings. The van der Waals surface area contributed by atoms with Crippen LogP contribution in [-0.4, -0.2) is 17.3 Å². The lowest BCUT2D eigenvalue weighted by molar-refractivity contribution is -0.0903. The zero-order valence-corrected chi connectivity index (χ0v) is 18.6. The maximum Gasteiger partial charge on any atom is 0.258 e. The number of pyridine rings is 1. The van der Waals surface area contributed by atoms with Gasteiger partial charge in [-0.2, -0.15) is 0 Å². The molecular formula is C26H28FNO3. The van der Waals surface area contributed by atoms with Crippen molar-refractivity contribution >= 4 is 10.9 Å². The molecule has 0 bridgehead atoms. The van der Waals surface area contributed by atoms with Gasteiger partial charge in [-0.1, -0.05) is 31.5 Å². The molecule has 1 aliphatic carbocycles. The van der Waals surface area contributed by atoms with Crippen LogP contribution in [-0.2, 0) is 7.05 Å². The average Bonchev–Trinajstić information content (AvgIpc) is 2.72. The van der Waals surface area contributed by atoms with E-state index >= 15 is 0 Å². The molecule has 0 N–H and O–H groups in total. The van der Waals surface area contributed by atoms with Crippen molar-refractivity contribution in [1.82, 2.24) is 4.57 Å². The van der Waals surface area contributed by atoms with Gasteiger partial charge in [0.2, 0.25) is 0 Å². The van der Waals surface area contributed by atoms with E-state index in [0.29, 0.717) is 11.7 Å². The molecule has 3 aromatic rings. The molecule has 2 heterocycles. The van der Waals surface area contributed by atoms with E-state index in [0.717, 1.165) is 28.5 Å². The third-order valence-corrected chi connectivity index (χ3v) is 7.52. The zero-order chi connectivity index (χ0) is 22.1. The van der Waals surface area contributed by atoms with Crippen LogP contribution < -0.4 is 15.0 Å². The minimum absolute atomic E-state index is 0.0141. The topological polar surface area (TPSA) is 40.5 Å². The van der Waals surface area contributed by atoms with E-state index in [1.807, 2.05) is 37.4 Å². The second kappa shape index (κ2) is 6.84. The summed E-state index contributed by atoms with van der Waals surface area (Å²) in [4.78, 5) is 13.6. The predicted molar refractivity (Wildman–Crippen MR) is 120 cm³/mol. The number of hydrogen-bond donors (Lipinski definition) is 0. The standard InChI is InChI=1S/C26H28FNO3/c1-6-15-20(14-11-12-19(30-5)17(27)13-14)21-22-24(31-26(2,3)23(15)21)16-9-7-8-10-18(16)28(4)25(22)29/h7-13,15,20-21,23H,6H2,1-5H3/t15-,20-,21+,23+/m1/s1. The molecule has 162 valence electrons. The summed E-state index contributed by atoms with van der Waals surface area (Å²) in [5, 5.41) is 0.950. The quantitative estimate of drug-likeness (QED) is 0.570. The summed E-state index contributed by atoms with van der Waals surface area (Å²) in [6.07, 6.45) is 0.940. The number of nitrogens with zero attached hydrogens (tertiary/aromatic N) is 1. The van der Waals surface area contributed by atoms with Crippen LogP contribution in [0.15, 0.2) is 47.3 Å². The van der Waals surface area contributed by atoms with Crippen LogP contribution in [0.3, 0.4) is 0 Å². The number of methoxy groups -OCH3 is 1. The lowest BCUT2D eigenvalue weighted by atomic mass is 9.47. The number of hydrogen-bond acceptors (Lipinski definition) is 3. The van der Waals surface area contributed by atoms with Gasteiger partial charge in [-0.05, 0) is 55.5 Å². The molecule has 0 saturated heterocycles. The number of ether oxygens (including phenoxy) is 2. The van der Waals surface area contributed by atoms with Crippen molar-refractivity contribution in [3.63, 3.8) is 0 Å². The highest BCUT2D eigenvalue weighted by atomic mass is 19.1. The molecule has 0 unspecified atom stereocenters. The number of halogens is 1. The highest BCUT2D eigenvalue weighted by molar-refractivity contribution is 5.87. The number of fused-ring (bicyclic) bond motifs is 5.